The van der Waals surface area contributed by atoms with Gasteiger partial charge in [-0.05, 0) is 24.6 Å². The highest BCUT2D eigenvalue weighted by atomic mass is 35.5. The van der Waals surface area contributed by atoms with E-state index in [1.165, 1.54) is 7.11 Å². The molecule has 1 unspecified atom stereocenters. The van der Waals surface area contributed by atoms with Crippen LogP contribution in [0.15, 0.2) is 18.2 Å². The van der Waals surface area contributed by atoms with Crippen molar-refractivity contribution in [3.8, 4) is 0 Å². The fourth-order valence-corrected chi connectivity index (χ4v) is 1.31. The van der Waals surface area contributed by atoms with Crippen LogP contribution in [0.5, 0.6) is 0 Å². The lowest BCUT2D eigenvalue weighted by molar-refractivity contribution is -0.141. The highest BCUT2D eigenvalue weighted by Gasteiger charge is 2.15. The molecule has 0 heterocycles. The van der Waals surface area contributed by atoms with Gasteiger partial charge < -0.3 is 10.5 Å². The summed E-state index contributed by atoms with van der Waals surface area (Å²) in [7, 11) is 1.36. The average Bonchev–Trinajstić information content (AvgIpc) is 2.20. The van der Waals surface area contributed by atoms with Gasteiger partial charge in [0.2, 0.25) is 0 Å². The Morgan fingerprint density at radius 1 is 1.57 bits per heavy atom. The van der Waals surface area contributed by atoms with Crippen LogP contribution in [0.3, 0.4) is 0 Å². The van der Waals surface area contributed by atoms with Crippen molar-refractivity contribution in [1.29, 1.82) is 0 Å². The molecule has 0 fully saturated rings. The van der Waals surface area contributed by atoms with E-state index >= 15 is 0 Å². The fraction of sp³-hybridized carbons (Fsp3) is 0.300. The minimum atomic E-state index is -0.321. The number of rotatable bonds is 2. The van der Waals surface area contributed by atoms with Crippen molar-refractivity contribution in [1.82, 2.24) is 0 Å². The van der Waals surface area contributed by atoms with Gasteiger partial charge in [0, 0.05) is 0 Å². The van der Waals surface area contributed by atoms with Gasteiger partial charge in [-0.15, -0.1) is 0 Å². The van der Waals surface area contributed by atoms with E-state index in [2.05, 4.69) is 4.74 Å². The number of hydrogen-bond acceptors (Lipinski definition) is 3. The number of carbonyl (C=O) groups is 1. The zero-order valence-electron chi connectivity index (χ0n) is 8.08. The molecular weight excluding hydrogens is 202 g/mol. The Bertz CT molecular complexity index is 352. The Kier molecular flexibility index (Phi) is 3.36. The van der Waals surface area contributed by atoms with Gasteiger partial charge in [-0.3, -0.25) is 4.79 Å². The molecule has 1 aromatic carbocycles. The largest absolute Gasteiger partial charge is 0.469 e. The highest BCUT2D eigenvalue weighted by Crippen LogP contribution is 2.24. The number of benzene rings is 1. The Morgan fingerprint density at radius 2 is 2.21 bits per heavy atom. The second-order valence-electron chi connectivity index (χ2n) is 3.03. The molecule has 1 aromatic rings. The van der Waals surface area contributed by atoms with Crippen molar-refractivity contribution in [2.45, 2.75) is 12.8 Å². The molecule has 1 atom stereocenters. The molecule has 14 heavy (non-hydrogen) atoms. The third-order valence-electron chi connectivity index (χ3n) is 2.08. The normalized spacial score (nSPS) is 12.2. The molecule has 0 saturated heterocycles. The Morgan fingerprint density at radius 3 is 2.71 bits per heavy atom. The number of anilines is 1. The lowest BCUT2D eigenvalue weighted by atomic mass is 10.0. The van der Waals surface area contributed by atoms with Crippen LogP contribution in [0.25, 0.3) is 0 Å². The molecule has 1 rings (SSSR count). The molecule has 0 aliphatic carbocycles. The number of hydrogen-bond donors (Lipinski definition) is 1. The van der Waals surface area contributed by atoms with Crippen LogP contribution < -0.4 is 5.73 Å². The van der Waals surface area contributed by atoms with E-state index in [0.717, 1.165) is 5.56 Å². The summed E-state index contributed by atoms with van der Waals surface area (Å²) in [5, 5.41) is 0.457. The minimum absolute atomic E-state index is 0.286. The summed E-state index contributed by atoms with van der Waals surface area (Å²) < 4.78 is 4.62. The molecule has 0 amide bonds. The molecule has 0 aliphatic rings. The molecule has 0 spiro atoms. The molecule has 0 radical (unpaired) electrons. The smallest absolute Gasteiger partial charge is 0.312 e. The van der Waals surface area contributed by atoms with Gasteiger partial charge >= 0.3 is 5.97 Å². The highest BCUT2D eigenvalue weighted by molar-refractivity contribution is 6.33. The van der Waals surface area contributed by atoms with Crippen LogP contribution in [0.4, 0.5) is 5.69 Å². The summed E-state index contributed by atoms with van der Waals surface area (Å²) in [6.07, 6.45) is 0. The van der Waals surface area contributed by atoms with E-state index in [4.69, 9.17) is 17.3 Å². The van der Waals surface area contributed by atoms with Crippen LogP contribution in [-0.2, 0) is 9.53 Å². The lowest BCUT2D eigenvalue weighted by Gasteiger charge is -2.10. The quantitative estimate of drug-likeness (QED) is 0.605. The van der Waals surface area contributed by atoms with Gasteiger partial charge in [-0.1, -0.05) is 17.7 Å². The first kappa shape index (κ1) is 10.9. The standard InChI is InChI=1S/C10H12ClNO2/c1-6(10(13)14-2)7-3-4-9(12)8(11)5-7/h3-6H,12H2,1-2H3. The van der Waals surface area contributed by atoms with Crippen molar-refractivity contribution in [2.24, 2.45) is 0 Å². The first-order chi connectivity index (χ1) is 6.56. The summed E-state index contributed by atoms with van der Waals surface area (Å²) in [5.41, 5.74) is 6.86. The topological polar surface area (TPSA) is 52.3 Å². The van der Waals surface area contributed by atoms with E-state index < -0.39 is 0 Å². The van der Waals surface area contributed by atoms with E-state index in [1.54, 1.807) is 25.1 Å². The van der Waals surface area contributed by atoms with Crippen LogP contribution in [0.2, 0.25) is 5.02 Å². The van der Waals surface area contributed by atoms with E-state index in [0.29, 0.717) is 10.7 Å². The number of ether oxygens (including phenoxy) is 1. The Balaban J connectivity index is 2.96. The molecule has 3 nitrogen and oxygen atoms in total. The maximum absolute atomic E-state index is 11.2. The van der Waals surface area contributed by atoms with Gasteiger partial charge in [0.15, 0.2) is 0 Å². The molecule has 2 N–H and O–H groups in total. The number of nitrogens with two attached hydrogens (primary N) is 1. The monoisotopic (exact) mass is 213 g/mol. The molecule has 76 valence electrons. The predicted octanol–water partition coefficient (Wildman–Crippen LogP) is 2.20. The van der Waals surface area contributed by atoms with Crippen LogP contribution >= 0.6 is 11.6 Å². The average molecular weight is 214 g/mol. The summed E-state index contributed by atoms with van der Waals surface area (Å²) >= 11 is 5.83. The van der Waals surface area contributed by atoms with Crippen LogP contribution in [0.1, 0.15) is 18.4 Å². The third-order valence-corrected chi connectivity index (χ3v) is 2.41. The molecule has 0 aliphatic heterocycles. The van der Waals surface area contributed by atoms with E-state index in [9.17, 15) is 4.79 Å². The summed E-state index contributed by atoms with van der Waals surface area (Å²) in [6, 6.07) is 5.12. The molecule has 0 aromatic heterocycles. The molecule has 4 heteroatoms. The zero-order valence-corrected chi connectivity index (χ0v) is 8.84. The Hall–Kier alpha value is -1.22. The number of methoxy groups -OCH3 is 1. The Labute approximate surface area is 87.8 Å². The van der Waals surface area contributed by atoms with Crippen molar-refractivity contribution in [3.05, 3.63) is 28.8 Å². The fourth-order valence-electron chi connectivity index (χ4n) is 1.13. The molecule has 0 bridgehead atoms. The van der Waals surface area contributed by atoms with Gasteiger partial charge in [0.25, 0.3) is 0 Å². The lowest BCUT2D eigenvalue weighted by Crippen LogP contribution is -2.10. The third kappa shape index (κ3) is 2.17. The summed E-state index contributed by atoms with van der Waals surface area (Å²) in [5.74, 6) is -0.607. The number of esters is 1. The van der Waals surface area contributed by atoms with Gasteiger partial charge in [-0.25, -0.2) is 0 Å². The maximum atomic E-state index is 11.2. The maximum Gasteiger partial charge on any atom is 0.312 e. The predicted molar refractivity (Wildman–Crippen MR) is 56.3 cm³/mol. The first-order valence-electron chi connectivity index (χ1n) is 4.19. The van der Waals surface area contributed by atoms with Gasteiger partial charge in [-0.2, -0.15) is 0 Å². The second-order valence-corrected chi connectivity index (χ2v) is 3.43. The first-order valence-corrected chi connectivity index (χ1v) is 4.56. The second kappa shape index (κ2) is 4.33. The number of nitrogen functional groups attached to an aromatic ring is 1. The van der Waals surface area contributed by atoms with Crippen molar-refractivity contribution < 1.29 is 9.53 Å². The SMILES string of the molecule is COC(=O)C(C)c1ccc(N)c(Cl)c1. The zero-order chi connectivity index (χ0) is 10.7. The van der Waals surface area contributed by atoms with Crippen LogP contribution in [0, 0.1) is 0 Å². The van der Waals surface area contributed by atoms with Crippen molar-refractivity contribution in [2.75, 3.05) is 12.8 Å². The molecular formula is C10H12ClNO2. The van der Waals surface area contributed by atoms with Gasteiger partial charge in [0.1, 0.15) is 0 Å². The molecule has 0 saturated carbocycles. The summed E-state index contributed by atoms with van der Waals surface area (Å²) in [4.78, 5) is 11.2. The van der Waals surface area contributed by atoms with Crippen molar-refractivity contribution >= 4 is 23.3 Å². The summed E-state index contributed by atoms with van der Waals surface area (Å²) in [6.45, 7) is 1.76. The van der Waals surface area contributed by atoms with Crippen LogP contribution in [-0.4, -0.2) is 13.1 Å². The van der Waals surface area contributed by atoms with E-state index in [-0.39, 0.29) is 11.9 Å². The minimum Gasteiger partial charge on any atom is -0.469 e. The van der Waals surface area contributed by atoms with Crippen molar-refractivity contribution in [3.63, 3.8) is 0 Å². The van der Waals surface area contributed by atoms with E-state index in [1.807, 2.05) is 0 Å². The number of halogens is 1. The number of carbonyl (C=O) groups excluding carboxylic acids is 1. The van der Waals surface area contributed by atoms with Gasteiger partial charge in [0.05, 0.1) is 23.7 Å².